The summed E-state index contributed by atoms with van der Waals surface area (Å²) in [4.78, 5) is 2.22. The molecule has 0 aromatic heterocycles. The molecule has 1 aliphatic rings. The Balaban J connectivity index is 1.80. The third-order valence-corrected chi connectivity index (χ3v) is 4.85. The lowest BCUT2D eigenvalue weighted by atomic mass is 10.00. The van der Waals surface area contributed by atoms with Gasteiger partial charge in [-0.25, -0.2) is 0 Å². The first-order valence-electron chi connectivity index (χ1n) is 9.05. The number of β-amino-alcohol motifs (C(OH)–C–C–N with tert-alkyl or cyclic N) is 1. The monoisotopic (exact) mass is 373 g/mol. The van der Waals surface area contributed by atoms with Crippen molar-refractivity contribution >= 4 is 0 Å². The van der Waals surface area contributed by atoms with Crippen LogP contribution in [0.3, 0.4) is 0 Å². The van der Waals surface area contributed by atoms with E-state index in [4.69, 9.17) is 18.9 Å². The minimum Gasteiger partial charge on any atom is -0.493 e. The zero-order valence-corrected chi connectivity index (χ0v) is 16.1. The van der Waals surface area contributed by atoms with Crippen molar-refractivity contribution in [2.45, 2.75) is 6.10 Å². The van der Waals surface area contributed by atoms with Crippen LogP contribution < -0.4 is 14.2 Å². The Morgan fingerprint density at radius 2 is 1.59 bits per heavy atom. The minimum absolute atomic E-state index is 0.524. The van der Waals surface area contributed by atoms with Crippen molar-refractivity contribution in [3.8, 4) is 28.4 Å². The molecule has 2 aromatic rings. The number of hydrogen-bond acceptors (Lipinski definition) is 6. The quantitative estimate of drug-likeness (QED) is 0.805. The zero-order chi connectivity index (χ0) is 19.2. The number of rotatable bonds is 7. The van der Waals surface area contributed by atoms with Gasteiger partial charge in [0.15, 0.2) is 11.5 Å². The van der Waals surface area contributed by atoms with Crippen molar-refractivity contribution in [3.63, 3.8) is 0 Å². The predicted molar refractivity (Wildman–Crippen MR) is 104 cm³/mol. The van der Waals surface area contributed by atoms with Gasteiger partial charge in [-0.05, 0) is 23.3 Å². The Hall–Kier alpha value is -2.28. The molecule has 1 unspecified atom stereocenters. The molecule has 0 saturated carbocycles. The Bertz CT molecular complexity index is 741. The van der Waals surface area contributed by atoms with E-state index < -0.39 is 6.10 Å². The molecule has 1 atom stereocenters. The summed E-state index contributed by atoms with van der Waals surface area (Å²) in [5.74, 6) is 1.81. The van der Waals surface area contributed by atoms with Crippen molar-refractivity contribution in [2.24, 2.45) is 0 Å². The van der Waals surface area contributed by atoms with Crippen LogP contribution in [0.2, 0.25) is 0 Å². The molecule has 1 heterocycles. The fraction of sp³-hybridized carbons (Fsp3) is 0.429. The van der Waals surface area contributed by atoms with E-state index in [1.807, 2.05) is 36.4 Å². The molecule has 0 aliphatic carbocycles. The Labute approximate surface area is 160 Å². The van der Waals surface area contributed by atoms with Crippen LogP contribution in [0.15, 0.2) is 36.4 Å². The number of morpholine rings is 1. The molecule has 146 valence electrons. The lowest BCUT2D eigenvalue weighted by Crippen LogP contribution is -2.38. The first-order valence-corrected chi connectivity index (χ1v) is 9.05. The first kappa shape index (κ1) is 19.5. The highest BCUT2D eigenvalue weighted by Crippen LogP contribution is 2.44. The van der Waals surface area contributed by atoms with Crippen LogP contribution in [0.5, 0.6) is 17.2 Å². The molecular weight excluding hydrogens is 346 g/mol. The van der Waals surface area contributed by atoms with Crippen molar-refractivity contribution in [3.05, 3.63) is 42.0 Å². The SMILES string of the molecule is COc1ccc(-c2ccc(C(O)CN3CCOCC3)cc2)c(OC)c1OC. The normalized spacial score (nSPS) is 16.0. The highest BCUT2D eigenvalue weighted by Gasteiger charge is 2.19. The summed E-state index contributed by atoms with van der Waals surface area (Å²) in [6.07, 6.45) is -0.524. The number of methoxy groups -OCH3 is 3. The molecule has 0 bridgehead atoms. The number of hydrogen-bond donors (Lipinski definition) is 1. The summed E-state index contributed by atoms with van der Waals surface area (Å²) in [5.41, 5.74) is 2.78. The van der Waals surface area contributed by atoms with E-state index in [1.54, 1.807) is 21.3 Å². The maximum absolute atomic E-state index is 10.5. The van der Waals surface area contributed by atoms with E-state index in [-0.39, 0.29) is 0 Å². The summed E-state index contributed by atoms with van der Waals surface area (Å²) < 4.78 is 21.7. The molecule has 1 aliphatic heterocycles. The average molecular weight is 373 g/mol. The van der Waals surface area contributed by atoms with Crippen LogP contribution in [0.1, 0.15) is 11.7 Å². The molecule has 0 radical (unpaired) electrons. The molecular formula is C21H27NO5. The van der Waals surface area contributed by atoms with Gasteiger partial charge in [-0.1, -0.05) is 24.3 Å². The highest BCUT2D eigenvalue weighted by atomic mass is 16.5. The summed E-state index contributed by atoms with van der Waals surface area (Å²) in [5, 5.41) is 10.5. The summed E-state index contributed by atoms with van der Waals surface area (Å²) in [6, 6.07) is 11.7. The first-order chi connectivity index (χ1) is 13.2. The van der Waals surface area contributed by atoms with Gasteiger partial charge in [-0.3, -0.25) is 4.90 Å². The van der Waals surface area contributed by atoms with Crippen LogP contribution in [-0.2, 0) is 4.74 Å². The van der Waals surface area contributed by atoms with E-state index in [1.165, 1.54) is 0 Å². The number of nitrogens with zero attached hydrogens (tertiary/aromatic N) is 1. The summed E-state index contributed by atoms with van der Waals surface area (Å²) in [7, 11) is 4.80. The summed E-state index contributed by atoms with van der Waals surface area (Å²) >= 11 is 0. The van der Waals surface area contributed by atoms with Crippen molar-refractivity contribution in [1.29, 1.82) is 0 Å². The Morgan fingerprint density at radius 3 is 2.19 bits per heavy atom. The van der Waals surface area contributed by atoms with Gasteiger partial charge in [-0.2, -0.15) is 0 Å². The maximum atomic E-state index is 10.5. The second kappa shape index (κ2) is 9.08. The average Bonchev–Trinajstić information content (AvgIpc) is 2.73. The molecule has 2 aromatic carbocycles. The van der Waals surface area contributed by atoms with Gasteiger partial charge in [0.05, 0.1) is 40.6 Å². The maximum Gasteiger partial charge on any atom is 0.203 e. The van der Waals surface area contributed by atoms with Crippen LogP contribution in [-0.4, -0.2) is 64.2 Å². The number of benzene rings is 2. The lowest BCUT2D eigenvalue weighted by molar-refractivity contribution is 0.0143. The van der Waals surface area contributed by atoms with E-state index >= 15 is 0 Å². The lowest BCUT2D eigenvalue weighted by Gasteiger charge is -2.28. The van der Waals surface area contributed by atoms with Gasteiger partial charge in [0.2, 0.25) is 5.75 Å². The second-order valence-electron chi connectivity index (χ2n) is 6.43. The number of aliphatic hydroxyl groups excluding tert-OH is 1. The van der Waals surface area contributed by atoms with Crippen molar-refractivity contribution in [1.82, 2.24) is 4.90 Å². The third kappa shape index (κ3) is 4.35. The number of ether oxygens (including phenoxy) is 4. The molecule has 1 fully saturated rings. The van der Waals surface area contributed by atoms with Crippen LogP contribution >= 0.6 is 0 Å². The van der Waals surface area contributed by atoms with E-state index in [9.17, 15) is 5.11 Å². The minimum atomic E-state index is -0.524. The van der Waals surface area contributed by atoms with Gasteiger partial charge in [-0.15, -0.1) is 0 Å². The molecule has 0 spiro atoms. The van der Waals surface area contributed by atoms with Crippen molar-refractivity contribution in [2.75, 3.05) is 54.2 Å². The fourth-order valence-corrected chi connectivity index (χ4v) is 3.35. The van der Waals surface area contributed by atoms with Gasteiger partial charge in [0, 0.05) is 25.2 Å². The standard InChI is InChI=1S/C21H27NO5/c1-24-19-9-8-17(20(25-2)21(19)26-3)15-4-6-16(7-5-15)18(23)14-22-10-12-27-13-11-22/h4-9,18,23H,10-14H2,1-3H3. The molecule has 27 heavy (non-hydrogen) atoms. The Kier molecular flexibility index (Phi) is 6.55. The largest absolute Gasteiger partial charge is 0.493 e. The molecule has 1 N–H and O–H groups in total. The molecule has 0 amide bonds. The van der Waals surface area contributed by atoms with Crippen LogP contribution in [0.4, 0.5) is 0 Å². The smallest absolute Gasteiger partial charge is 0.203 e. The molecule has 6 heteroatoms. The highest BCUT2D eigenvalue weighted by molar-refractivity contribution is 5.76. The zero-order valence-electron chi connectivity index (χ0n) is 16.1. The van der Waals surface area contributed by atoms with E-state index in [2.05, 4.69) is 4.90 Å². The molecule has 3 rings (SSSR count). The Morgan fingerprint density at radius 1 is 0.926 bits per heavy atom. The van der Waals surface area contributed by atoms with Gasteiger partial charge in [0.25, 0.3) is 0 Å². The second-order valence-corrected chi connectivity index (χ2v) is 6.43. The summed E-state index contributed by atoms with van der Waals surface area (Å²) in [6.45, 7) is 3.79. The van der Waals surface area contributed by atoms with Crippen molar-refractivity contribution < 1.29 is 24.1 Å². The third-order valence-electron chi connectivity index (χ3n) is 4.85. The van der Waals surface area contributed by atoms with Gasteiger partial charge >= 0.3 is 0 Å². The van der Waals surface area contributed by atoms with Crippen LogP contribution in [0, 0.1) is 0 Å². The van der Waals surface area contributed by atoms with E-state index in [0.29, 0.717) is 23.8 Å². The van der Waals surface area contributed by atoms with Gasteiger partial charge in [0.1, 0.15) is 0 Å². The van der Waals surface area contributed by atoms with Crippen LogP contribution in [0.25, 0.3) is 11.1 Å². The fourth-order valence-electron chi connectivity index (χ4n) is 3.35. The number of aliphatic hydroxyl groups is 1. The van der Waals surface area contributed by atoms with Gasteiger partial charge < -0.3 is 24.1 Å². The molecule has 1 saturated heterocycles. The molecule has 6 nitrogen and oxygen atoms in total. The topological polar surface area (TPSA) is 60.4 Å². The predicted octanol–water partition coefficient (Wildman–Crippen LogP) is 2.75. The van der Waals surface area contributed by atoms with E-state index in [0.717, 1.165) is 43.0 Å².